The minimum absolute atomic E-state index is 0.296. The number of rotatable bonds is 8. The van der Waals surface area contributed by atoms with Crippen molar-refractivity contribution < 1.29 is 0 Å². The monoisotopic (exact) mass is 367 g/mol. The van der Waals surface area contributed by atoms with Crippen molar-refractivity contribution >= 4 is 27.5 Å². The predicted molar refractivity (Wildman–Crippen MR) is 92.8 cm³/mol. The van der Waals surface area contributed by atoms with Gasteiger partial charge in [-0.2, -0.15) is 0 Å². The highest BCUT2D eigenvalue weighted by Crippen LogP contribution is 2.28. The van der Waals surface area contributed by atoms with Crippen LogP contribution < -0.4 is 5.32 Å². The lowest BCUT2D eigenvalue weighted by Crippen LogP contribution is -2.24. The van der Waals surface area contributed by atoms with Crippen LogP contribution in [0.4, 0.5) is 0 Å². The van der Waals surface area contributed by atoms with Crippen LogP contribution in [0.5, 0.6) is 0 Å². The zero-order chi connectivity index (χ0) is 15.1. The topological polar surface area (TPSA) is 37.8 Å². The highest BCUT2D eigenvalue weighted by atomic mass is 79.9. The van der Waals surface area contributed by atoms with Gasteiger partial charge in [0.05, 0.1) is 10.6 Å². The fraction of sp³-hybridized carbons (Fsp3) is 0.500. The lowest BCUT2D eigenvalue weighted by Gasteiger charge is -2.18. The summed E-state index contributed by atoms with van der Waals surface area (Å²) in [6, 6.07) is 8.72. The van der Waals surface area contributed by atoms with E-state index in [4.69, 9.17) is 0 Å². The molecule has 2 rings (SSSR count). The molecule has 1 aromatic carbocycles. The minimum Gasteiger partial charge on any atom is -0.309 e. The molecule has 0 saturated carbocycles. The summed E-state index contributed by atoms with van der Waals surface area (Å²) in [5.41, 5.74) is 2.48. The highest BCUT2D eigenvalue weighted by Gasteiger charge is 2.19. The molecule has 114 valence electrons. The molecule has 3 nitrogen and oxygen atoms in total. The number of hydrogen-bond donors (Lipinski definition) is 1. The third-order valence-electron chi connectivity index (χ3n) is 3.41. The zero-order valence-corrected chi connectivity index (χ0v) is 15.0. The van der Waals surface area contributed by atoms with Crippen molar-refractivity contribution in [1.82, 2.24) is 14.9 Å². The number of aromatic nitrogens is 2. The van der Waals surface area contributed by atoms with E-state index in [2.05, 4.69) is 68.9 Å². The molecule has 0 aliphatic carbocycles. The number of halogens is 1. The maximum absolute atomic E-state index is 4.32. The molecule has 0 aliphatic rings. The molecule has 1 unspecified atom stereocenters. The Labute approximate surface area is 139 Å². The molecule has 0 saturated heterocycles. The fourth-order valence-corrected chi connectivity index (χ4v) is 3.57. The number of nitrogens with one attached hydrogen (secondary N) is 1. The van der Waals surface area contributed by atoms with Gasteiger partial charge in [-0.3, -0.25) is 0 Å². The Balaban J connectivity index is 2.21. The summed E-state index contributed by atoms with van der Waals surface area (Å²) in [5.74, 6) is 0. The summed E-state index contributed by atoms with van der Waals surface area (Å²) in [4.78, 5) is 1.29. The zero-order valence-electron chi connectivity index (χ0n) is 12.6. The molecule has 1 aromatic heterocycles. The van der Waals surface area contributed by atoms with Crippen molar-refractivity contribution in [2.45, 2.75) is 45.6 Å². The molecular formula is C16H22BrN3S. The van der Waals surface area contributed by atoms with E-state index in [0.29, 0.717) is 6.04 Å². The van der Waals surface area contributed by atoms with Gasteiger partial charge in [-0.05, 0) is 49.0 Å². The molecule has 0 aliphatic heterocycles. The van der Waals surface area contributed by atoms with Crippen LogP contribution in [0.3, 0.4) is 0 Å². The van der Waals surface area contributed by atoms with Crippen LogP contribution in [0.1, 0.15) is 48.9 Å². The fourth-order valence-electron chi connectivity index (χ4n) is 2.35. The van der Waals surface area contributed by atoms with E-state index < -0.39 is 0 Å². The molecule has 0 bridgehead atoms. The van der Waals surface area contributed by atoms with Crippen LogP contribution >= 0.6 is 27.5 Å². The second-order valence-electron chi connectivity index (χ2n) is 5.14. The van der Waals surface area contributed by atoms with Gasteiger partial charge < -0.3 is 5.32 Å². The average Bonchev–Trinajstić information content (AvgIpc) is 2.94. The third kappa shape index (κ3) is 4.59. The quantitative estimate of drug-likeness (QED) is 0.744. The third-order valence-corrected chi connectivity index (χ3v) is 5.06. The van der Waals surface area contributed by atoms with Crippen LogP contribution in [0, 0.1) is 0 Å². The van der Waals surface area contributed by atoms with Crippen molar-refractivity contribution in [2.75, 3.05) is 6.54 Å². The van der Waals surface area contributed by atoms with Gasteiger partial charge >= 0.3 is 0 Å². The molecule has 2 aromatic rings. The van der Waals surface area contributed by atoms with Crippen molar-refractivity contribution in [3.8, 4) is 0 Å². The molecule has 0 spiro atoms. The molecule has 1 atom stereocenters. The largest absolute Gasteiger partial charge is 0.309 e. The molecule has 5 heteroatoms. The number of hydrogen-bond acceptors (Lipinski definition) is 4. The van der Waals surface area contributed by atoms with Gasteiger partial charge in [0.2, 0.25) is 0 Å². The second kappa shape index (κ2) is 8.61. The molecule has 0 fully saturated rings. The van der Waals surface area contributed by atoms with E-state index >= 15 is 0 Å². The molecule has 0 amide bonds. The molecule has 1 N–H and O–H groups in total. The first-order chi connectivity index (χ1) is 10.3. The maximum atomic E-state index is 4.32. The van der Waals surface area contributed by atoms with Gasteiger partial charge in [-0.25, -0.2) is 0 Å². The average molecular weight is 368 g/mol. The van der Waals surface area contributed by atoms with Gasteiger partial charge in [-0.15, -0.1) is 5.10 Å². The Bertz CT molecular complexity index is 556. The summed E-state index contributed by atoms with van der Waals surface area (Å²) in [6.45, 7) is 5.39. The van der Waals surface area contributed by atoms with Crippen molar-refractivity contribution in [1.29, 1.82) is 0 Å². The van der Waals surface area contributed by atoms with Gasteiger partial charge in [0.15, 0.2) is 0 Å². The van der Waals surface area contributed by atoms with E-state index in [1.165, 1.54) is 26.4 Å². The predicted octanol–water partition coefficient (Wildman–Crippen LogP) is 4.54. The Kier molecular flexibility index (Phi) is 6.80. The van der Waals surface area contributed by atoms with Crippen molar-refractivity contribution in [3.63, 3.8) is 0 Å². The van der Waals surface area contributed by atoms with E-state index in [0.717, 1.165) is 37.9 Å². The van der Waals surface area contributed by atoms with Crippen LogP contribution in [-0.2, 0) is 12.8 Å². The maximum Gasteiger partial charge on any atom is 0.0803 e. The first kappa shape index (κ1) is 16.6. The summed E-state index contributed by atoms with van der Waals surface area (Å²) < 4.78 is 5.34. The van der Waals surface area contributed by atoms with Crippen LogP contribution in [0.25, 0.3) is 0 Å². The van der Waals surface area contributed by atoms with Gasteiger partial charge in [0.25, 0.3) is 0 Å². The Morgan fingerprint density at radius 2 is 2.05 bits per heavy atom. The summed E-state index contributed by atoms with van der Waals surface area (Å²) in [6.07, 6.45) is 4.20. The molecular weight excluding hydrogens is 346 g/mol. The number of nitrogens with zero attached hydrogens (tertiary/aromatic N) is 2. The summed E-state index contributed by atoms with van der Waals surface area (Å²) in [5, 5.41) is 7.97. The SMILES string of the molecule is CCCNC(Cc1ccccc1Br)c1snnc1CCC. The van der Waals surface area contributed by atoms with Gasteiger partial charge in [0, 0.05) is 10.5 Å². The Morgan fingerprint density at radius 1 is 1.24 bits per heavy atom. The van der Waals surface area contributed by atoms with Gasteiger partial charge in [0.1, 0.15) is 0 Å². The van der Waals surface area contributed by atoms with E-state index in [1.807, 2.05) is 0 Å². The molecule has 0 radical (unpaired) electrons. The van der Waals surface area contributed by atoms with Crippen molar-refractivity contribution in [2.24, 2.45) is 0 Å². The van der Waals surface area contributed by atoms with E-state index in [1.54, 1.807) is 0 Å². The van der Waals surface area contributed by atoms with Crippen molar-refractivity contribution in [3.05, 3.63) is 44.9 Å². The number of aryl methyl sites for hydroxylation is 1. The minimum atomic E-state index is 0.296. The second-order valence-corrected chi connectivity index (χ2v) is 6.78. The Morgan fingerprint density at radius 3 is 2.76 bits per heavy atom. The summed E-state index contributed by atoms with van der Waals surface area (Å²) in [7, 11) is 0. The van der Waals surface area contributed by atoms with Crippen LogP contribution in [0.15, 0.2) is 28.7 Å². The lowest BCUT2D eigenvalue weighted by atomic mass is 10.0. The van der Waals surface area contributed by atoms with Gasteiger partial charge in [-0.1, -0.05) is 58.9 Å². The molecule has 1 heterocycles. The highest BCUT2D eigenvalue weighted by molar-refractivity contribution is 9.10. The first-order valence-electron chi connectivity index (χ1n) is 7.54. The summed E-state index contributed by atoms with van der Waals surface area (Å²) >= 11 is 5.18. The lowest BCUT2D eigenvalue weighted by molar-refractivity contribution is 0.530. The van der Waals surface area contributed by atoms with Crippen LogP contribution in [-0.4, -0.2) is 16.1 Å². The normalized spacial score (nSPS) is 12.5. The number of benzene rings is 1. The van der Waals surface area contributed by atoms with E-state index in [9.17, 15) is 0 Å². The molecule has 21 heavy (non-hydrogen) atoms. The smallest absolute Gasteiger partial charge is 0.0803 e. The standard InChI is InChI=1S/C16H22BrN3S/c1-3-7-14-16(21-20-19-14)15(18-10-4-2)11-12-8-5-6-9-13(12)17/h5-6,8-9,15,18H,3-4,7,10-11H2,1-2H3. The van der Waals surface area contributed by atoms with Crippen LogP contribution in [0.2, 0.25) is 0 Å². The first-order valence-corrected chi connectivity index (χ1v) is 9.10. The Hall–Kier alpha value is -0.780. The van der Waals surface area contributed by atoms with E-state index in [-0.39, 0.29) is 0 Å².